The molecule has 4 rings (SSSR count). The second-order valence-electron chi connectivity index (χ2n) is 6.17. The minimum Gasteiger partial charge on any atom is -0.284 e. The molecular weight excluding hydrogens is 389 g/mol. The zero-order valence-corrected chi connectivity index (χ0v) is 14.5. The fourth-order valence-corrected chi connectivity index (χ4v) is 3.02. The topological polar surface area (TPSA) is 93.3 Å². The van der Waals surface area contributed by atoms with Crippen molar-refractivity contribution in [3.8, 4) is 22.4 Å². The first kappa shape index (κ1) is 18.4. The van der Waals surface area contributed by atoms with Crippen LogP contribution in [-0.2, 0) is 6.18 Å². The van der Waals surface area contributed by atoms with Crippen LogP contribution in [0.3, 0.4) is 0 Å². The maximum Gasteiger partial charge on any atom is 0.433 e. The number of halogens is 3. The number of benzene rings is 2. The largest absolute Gasteiger partial charge is 0.433 e. The number of hydrogen-bond acceptors (Lipinski definition) is 4. The van der Waals surface area contributed by atoms with Gasteiger partial charge in [-0.3, -0.25) is 20.0 Å². The molecule has 4 aromatic rings. The van der Waals surface area contributed by atoms with Gasteiger partial charge in [-0.25, -0.2) is 9.50 Å². The molecule has 146 valence electrons. The van der Waals surface area contributed by atoms with Gasteiger partial charge in [0, 0.05) is 23.8 Å². The third-order valence-electron chi connectivity index (χ3n) is 4.34. The van der Waals surface area contributed by atoms with Gasteiger partial charge in [-0.05, 0) is 17.7 Å². The summed E-state index contributed by atoms with van der Waals surface area (Å²) in [6, 6.07) is 14.1. The van der Waals surface area contributed by atoms with Crippen molar-refractivity contribution in [2.75, 3.05) is 0 Å². The Kier molecular flexibility index (Phi) is 4.18. The van der Waals surface area contributed by atoms with Gasteiger partial charge in [-0.2, -0.15) is 13.2 Å². The van der Waals surface area contributed by atoms with E-state index in [1.54, 1.807) is 18.2 Å². The third-order valence-corrected chi connectivity index (χ3v) is 4.34. The predicted octanol–water partition coefficient (Wildman–Crippen LogP) is 4.28. The van der Waals surface area contributed by atoms with Crippen LogP contribution in [0.25, 0.3) is 28.0 Å². The number of aromatic nitrogens is 3. The van der Waals surface area contributed by atoms with Crippen LogP contribution in [-0.4, -0.2) is 19.5 Å². The SMILES string of the molecule is O=c1cc(-c2ccc([N+](=O)[O-])cc2)nc2c(-c3ccccc3)c(C(F)(F)F)[nH]n12. The van der Waals surface area contributed by atoms with E-state index in [4.69, 9.17) is 0 Å². The minimum atomic E-state index is -4.74. The zero-order chi connectivity index (χ0) is 20.8. The molecule has 1 N–H and O–H groups in total. The van der Waals surface area contributed by atoms with E-state index in [2.05, 4.69) is 10.1 Å². The van der Waals surface area contributed by atoms with Crippen LogP contribution in [0.4, 0.5) is 18.9 Å². The summed E-state index contributed by atoms with van der Waals surface area (Å²) in [5.74, 6) is 0. The van der Waals surface area contributed by atoms with Crippen LogP contribution in [0.1, 0.15) is 5.69 Å². The molecule has 2 heterocycles. The van der Waals surface area contributed by atoms with Crippen LogP contribution in [0.2, 0.25) is 0 Å². The molecule has 0 radical (unpaired) electrons. The van der Waals surface area contributed by atoms with Gasteiger partial charge in [0.25, 0.3) is 11.2 Å². The average molecular weight is 400 g/mol. The highest BCUT2D eigenvalue weighted by molar-refractivity contribution is 5.81. The van der Waals surface area contributed by atoms with Crippen LogP contribution in [0.15, 0.2) is 65.5 Å². The van der Waals surface area contributed by atoms with Gasteiger partial charge < -0.3 is 0 Å². The standard InChI is InChI=1S/C19H11F3N4O3/c20-19(21,22)17-16(12-4-2-1-3-5-12)18-23-14(10-15(27)25(18)24-17)11-6-8-13(9-7-11)26(28)29/h1-10,24H. The molecule has 2 aromatic heterocycles. The van der Waals surface area contributed by atoms with Crippen molar-refractivity contribution in [3.63, 3.8) is 0 Å². The molecule has 29 heavy (non-hydrogen) atoms. The molecule has 0 fully saturated rings. The van der Waals surface area contributed by atoms with E-state index in [-0.39, 0.29) is 28.2 Å². The number of nitro groups is 1. The quantitative estimate of drug-likeness (QED) is 0.410. The second-order valence-corrected chi connectivity index (χ2v) is 6.17. The third kappa shape index (κ3) is 3.24. The van der Waals surface area contributed by atoms with Crippen molar-refractivity contribution in [1.82, 2.24) is 14.6 Å². The number of aromatic amines is 1. The average Bonchev–Trinajstić information content (AvgIpc) is 3.09. The van der Waals surface area contributed by atoms with Gasteiger partial charge in [0.15, 0.2) is 5.65 Å². The number of hydrogen-bond donors (Lipinski definition) is 1. The lowest BCUT2D eigenvalue weighted by atomic mass is 10.1. The highest BCUT2D eigenvalue weighted by atomic mass is 19.4. The molecule has 7 nitrogen and oxygen atoms in total. The molecule has 0 atom stereocenters. The van der Waals surface area contributed by atoms with E-state index in [1.165, 1.54) is 36.4 Å². The Morgan fingerprint density at radius 2 is 1.66 bits per heavy atom. The van der Waals surface area contributed by atoms with Gasteiger partial charge in [0.2, 0.25) is 0 Å². The summed E-state index contributed by atoms with van der Waals surface area (Å²) in [4.78, 5) is 27.0. The molecule has 0 unspecified atom stereocenters. The van der Waals surface area contributed by atoms with Gasteiger partial charge in [-0.1, -0.05) is 30.3 Å². The molecule has 0 aliphatic heterocycles. The van der Waals surface area contributed by atoms with Crippen molar-refractivity contribution < 1.29 is 18.1 Å². The first-order chi connectivity index (χ1) is 13.8. The summed E-state index contributed by atoms with van der Waals surface area (Å²) in [6.45, 7) is 0. The van der Waals surface area contributed by atoms with Gasteiger partial charge in [0.1, 0.15) is 5.69 Å². The molecule has 0 spiro atoms. The Hall–Kier alpha value is -3.95. The summed E-state index contributed by atoms with van der Waals surface area (Å²) in [6.07, 6.45) is -4.74. The zero-order valence-electron chi connectivity index (χ0n) is 14.5. The molecule has 0 amide bonds. The number of nitrogens with zero attached hydrogens (tertiary/aromatic N) is 3. The highest BCUT2D eigenvalue weighted by Crippen LogP contribution is 2.38. The number of rotatable bonds is 3. The molecular formula is C19H11F3N4O3. The van der Waals surface area contributed by atoms with Crippen molar-refractivity contribution in [2.24, 2.45) is 0 Å². The van der Waals surface area contributed by atoms with Crippen LogP contribution >= 0.6 is 0 Å². The number of fused-ring (bicyclic) bond motifs is 1. The molecule has 0 bridgehead atoms. The second kappa shape index (κ2) is 6.59. The Balaban J connectivity index is 1.99. The molecule has 0 saturated carbocycles. The Bertz CT molecular complexity index is 1280. The maximum absolute atomic E-state index is 13.6. The number of H-pyrrole nitrogens is 1. The Labute approximate surface area is 160 Å². The predicted molar refractivity (Wildman–Crippen MR) is 98.3 cm³/mol. The summed E-state index contributed by atoms with van der Waals surface area (Å²) < 4.78 is 41.6. The molecule has 2 aromatic carbocycles. The van der Waals surface area contributed by atoms with Crippen LogP contribution in [0, 0.1) is 10.1 Å². The van der Waals surface area contributed by atoms with Crippen molar-refractivity contribution >= 4 is 11.3 Å². The van der Waals surface area contributed by atoms with Crippen molar-refractivity contribution in [1.29, 1.82) is 0 Å². The molecule has 10 heteroatoms. The summed E-state index contributed by atoms with van der Waals surface area (Å²) in [7, 11) is 0. The Morgan fingerprint density at radius 1 is 1.00 bits per heavy atom. The van der Waals surface area contributed by atoms with Gasteiger partial charge in [0.05, 0.1) is 16.2 Å². The van der Waals surface area contributed by atoms with Crippen LogP contribution < -0.4 is 5.56 Å². The number of non-ortho nitro benzene ring substituents is 1. The highest BCUT2D eigenvalue weighted by Gasteiger charge is 2.38. The normalized spacial score (nSPS) is 11.7. The van der Waals surface area contributed by atoms with E-state index in [0.29, 0.717) is 5.56 Å². The summed E-state index contributed by atoms with van der Waals surface area (Å²) >= 11 is 0. The number of nitrogens with one attached hydrogen (secondary N) is 1. The van der Waals surface area contributed by atoms with Gasteiger partial charge >= 0.3 is 6.18 Å². The minimum absolute atomic E-state index is 0.106. The Morgan fingerprint density at radius 3 is 2.24 bits per heavy atom. The van der Waals surface area contributed by atoms with E-state index in [9.17, 15) is 28.1 Å². The number of nitro benzene ring substituents is 1. The smallest absolute Gasteiger partial charge is 0.284 e. The van der Waals surface area contributed by atoms with E-state index >= 15 is 0 Å². The summed E-state index contributed by atoms with van der Waals surface area (Å²) in [5, 5.41) is 12.9. The molecule has 0 aliphatic carbocycles. The summed E-state index contributed by atoms with van der Waals surface area (Å²) in [5.41, 5.74) is -1.71. The van der Waals surface area contributed by atoms with E-state index in [1.807, 2.05) is 0 Å². The fraction of sp³-hybridized carbons (Fsp3) is 0.0526. The number of alkyl halides is 3. The van der Waals surface area contributed by atoms with Crippen molar-refractivity contribution in [3.05, 3.63) is 86.8 Å². The lowest BCUT2D eigenvalue weighted by Gasteiger charge is -2.07. The van der Waals surface area contributed by atoms with E-state index < -0.39 is 22.4 Å². The molecule has 0 saturated heterocycles. The fourth-order valence-electron chi connectivity index (χ4n) is 3.02. The monoisotopic (exact) mass is 400 g/mol. The lowest BCUT2D eigenvalue weighted by Crippen LogP contribution is -2.15. The first-order valence-corrected chi connectivity index (χ1v) is 8.29. The van der Waals surface area contributed by atoms with E-state index in [0.717, 1.165) is 10.6 Å². The van der Waals surface area contributed by atoms with Crippen molar-refractivity contribution in [2.45, 2.75) is 6.18 Å². The lowest BCUT2D eigenvalue weighted by molar-refractivity contribution is -0.384. The van der Waals surface area contributed by atoms with Gasteiger partial charge in [-0.15, -0.1) is 0 Å². The maximum atomic E-state index is 13.6. The molecule has 0 aliphatic rings. The van der Waals surface area contributed by atoms with Crippen LogP contribution in [0.5, 0.6) is 0 Å². The first-order valence-electron chi connectivity index (χ1n) is 8.29.